The van der Waals surface area contributed by atoms with Gasteiger partial charge in [-0.1, -0.05) is 13.0 Å². The molecule has 0 amide bonds. The first-order valence-corrected chi connectivity index (χ1v) is 8.29. The van der Waals surface area contributed by atoms with Crippen molar-refractivity contribution < 1.29 is 26.7 Å². The minimum Gasteiger partial charge on any atom is -0.434 e. The molecule has 0 N–H and O–H groups in total. The summed E-state index contributed by atoms with van der Waals surface area (Å²) in [5.41, 5.74) is 3.32. The van der Waals surface area contributed by atoms with Crippen LogP contribution in [0.1, 0.15) is 36.6 Å². The molecule has 26 heavy (non-hydrogen) atoms. The van der Waals surface area contributed by atoms with Crippen LogP contribution in [0, 0.1) is 6.92 Å². The zero-order valence-corrected chi connectivity index (χ0v) is 14.8. The van der Waals surface area contributed by atoms with E-state index in [-0.39, 0.29) is 18.6 Å². The van der Waals surface area contributed by atoms with E-state index in [2.05, 4.69) is 9.84 Å². The van der Waals surface area contributed by atoms with Gasteiger partial charge in [-0.3, -0.25) is 4.68 Å². The number of hydrogen-bond acceptors (Lipinski definition) is 2. The molecule has 0 saturated heterocycles. The van der Waals surface area contributed by atoms with E-state index in [0.717, 1.165) is 11.3 Å². The molecule has 1 heterocycles. The largest absolute Gasteiger partial charge is 0.434 e. The number of halogens is 5. The zero-order valence-electron chi connectivity index (χ0n) is 14.8. The molecule has 0 aliphatic rings. The van der Waals surface area contributed by atoms with Crippen molar-refractivity contribution >= 4 is 0 Å². The minimum atomic E-state index is -4.23. The van der Waals surface area contributed by atoms with E-state index in [9.17, 15) is 22.0 Å². The highest BCUT2D eigenvalue weighted by Crippen LogP contribution is 2.35. The molecular weight excluding hydrogens is 355 g/mol. The van der Waals surface area contributed by atoms with Crippen LogP contribution in [0.25, 0.3) is 11.3 Å². The first-order valence-electron chi connectivity index (χ1n) is 8.29. The SMILES string of the molecule is CCc1nn(C)c(-c2ccc(CCCC(F)(F)F)cc2OC(F)F)c1C. The predicted octanol–water partition coefficient (Wildman–Crippen LogP) is 5.44. The molecule has 1 aromatic carbocycles. The standard InChI is InChI=1S/C18H21F5N2O/c1-4-14-11(2)16(25(3)24-14)13-8-7-12(6-5-9-18(21,22)23)10-15(13)26-17(19)20/h7-8,10,17H,4-6,9H2,1-3H3. The van der Waals surface area contributed by atoms with Gasteiger partial charge in [-0.2, -0.15) is 27.1 Å². The lowest BCUT2D eigenvalue weighted by atomic mass is 10.0. The van der Waals surface area contributed by atoms with Gasteiger partial charge in [0.15, 0.2) is 0 Å². The van der Waals surface area contributed by atoms with Gasteiger partial charge in [0, 0.05) is 19.0 Å². The Balaban J connectivity index is 2.36. The Morgan fingerprint density at radius 1 is 1.23 bits per heavy atom. The highest BCUT2D eigenvalue weighted by atomic mass is 19.4. The second kappa shape index (κ2) is 8.05. The van der Waals surface area contributed by atoms with Crippen molar-refractivity contribution in [3.05, 3.63) is 35.0 Å². The fourth-order valence-electron chi connectivity index (χ4n) is 3.00. The van der Waals surface area contributed by atoms with E-state index in [1.807, 2.05) is 13.8 Å². The number of hydrogen-bond donors (Lipinski definition) is 0. The molecule has 8 heteroatoms. The topological polar surface area (TPSA) is 27.1 Å². The zero-order chi connectivity index (χ0) is 19.5. The van der Waals surface area contributed by atoms with Crippen molar-refractivity contribution in [3.63, 3.8) is 0 Å². The molecule has 1 aromatic heterocycles. The van der Waals surface area contributed by atoms with Gasteiger partial charge < -0.3 is 4.74 Å². The average Bonchev–Trinajstić information content (AvgIpc) is 2.80. The van der Waals surface area contributed by atoms with Crippen LogP contribution in [-0.2, 0) is 19.9 Å². The summed E-state index contributed by atoms with van der Waals surface area (Å²) >= 11 is 0. The van der Waals surface area contributed by atoms with Crippen molar-refractivity contribution in [2.24, 2.45) is 7.05 Å². The van der Waals surface area contributed by atoms with Crippen LogP contribution in [-0.4, -0.2) is 22.6 Å². The van der Waals surface area contributed by atoms with Crippen molar-refractivity contribution in [1.82, 2.24) is 9.78 Å². The lowest BCUT2D eigenvalue weighted by Gasteiger charge is -2.14. The highest BCUT2D eigenvalue weighted by Gasteiger charge is 2.26. The number of aryl methyl sites for hydroxylation is 3. The summed E-state index contributed by atoms with van der Waals surface area (Å²) in [6.45, 7) is 0.766. The van der Waals surface area contributed by atoms with E-state index < -0.39 is 19.2 Å². The van der Waals surface area contributed by atoms with E-state index >= 15 is 0 Å². The summed E-state index contributed by atoms with van der Waals surface area (Å²) in [5.74, 6) is -0.0572. The normalized spacial score (nSPS) is 12.0. The molecule has 2 aromatic rings. The molecule has 3 nitrogen and oxygen atoms in total. The second-order valence-electron chi connectivity index (χ2n) is 6.08. The third kappa shape index (κ3) is 4.95. The van der Waals surface area contributed by atoms with Gasteiger partial charge in [-0.05, 0) is 49.4 Å². The van der Waals surface area contributed by atoms with Gasteiger partial charge in [-0.25, -0.2) is 0 Å². The van der Waals surface area contributed by atoms with Gasteiger partial charge in [0.1, 0.15) is 5.75 Å². The van der Waals surface area contributed by atoms with Gasteiger partial charge in [-0.15, -0.1) is 0 Å². The summed E-state index contributed by atoms with van der Waals surface area (Å²) in [6.07, 6.45) is -4.43. The fraction of sp³-hybridized carbons (Fsp3) is 0.500. The first-order chi connectivity index (χ1) is 12.1. The second-order valence-corrected chi connectivity index (χ2v) is 6.08. The highest BCUT2D eigenvalue weighted by molar-refractivity contribution is 5.71. The quantitative estimate of drug-likeness (QED) is 0.602. The molecule has 0 spiro atoms. The lowest BCUT2D eigenvalue weighted by molar-refractivity contribution is -0.135. The minimum absolute atomic E-state index is 0.0572. The molecule has 144 valence electrons. The lowest BCUT2D eigenvalue weighted by Crippen LogP contribution is -2.08. The van der Waals surface area contributed by atoms with Crippen LogP contribution < -0.4 is 4.74 Å². The third-order valence-corrected chi connectivity index (χ3v) is 4.16. The molecule has 0 unspecified atom stereocenters. The van der Waals surface area contributed by atoms with Gasteiger partial charge in [0.05, 0.1) is 11.4 Å². The van der Waals surface area contributed by atoms with Crippen LogP contribution in [0.15, 0.2) is 18.2 Å². The summed E-state index contributed by atoms with van der Waals surface area (Å²) in [4.78, 5) is 0. The summed E-state index contributed by atoms with van der Waals surface area (Å²) < 4.78 is 68.8. The number of benzene rings is 1. The monoisotopic (exact) mass is 376 g/mol. The van der Waals surface area contributed by atoms with E-state index in [1.165, 1.54) is 6.07 Å². The molecule has 0 fully saturated rings. The van der Waals surface area contributed by atoms with E-state index in [1.54, 1.807) is 23.9 Å². The van der Waals surface area contributed by atoms with Crippen LogP contribution in [0.5, 0.6) is 5.75 Å². The van der Waals surface area contributed by atoms with Gasteiger partial charge in [0.25, 0.3) is 0 Å². The smallest absolute Gasteiger partial charge is 0.389 e. The molecule has 0 aliphatic carbocycles. The maximum Gasteiger partial charge on any atom is 0.389 e. The van der Waals surface area contributed by atoms with Crippen LogP contribution in [0.2, 0.25) is 0 Å². The van der Waals surface area contributed by atoms with Gasteiger partial charge >= 0.3 is 12.8 Å². The molecule has 2 rings (SSSR count). The molecule has 0 radical (unpaired) electrons. The molecule has 0 aliphatic heterocycles. The van der Waals surface area contributed by atoms with E-state index in [0.29, 0.717) is 23.2 Å². The first kappa shape index (κ1) is 20.2. The summed E-state index contributed by atoms with van der Waals surface area (Å²) in [6, 6.07) is 4.63. The Kier molecular flexibility index (Phi) is 6.26. The number of ether oxygens (including phenoxy) is 1. The molecule has 0 bridgehead atoms. The number of alkyl halides is 5. The van der Waals surface area contributed by atoms with Crippen molar-refractivity contribution in [3.8, 4) is 17.0 Å². The van der Waals surface area contributed by atoms with Gasteiger partial charge in [0.2, 0.25) is 0 Å². The number of aromatic nitrogens is 2. The number of nitrogens with zero attached hydrogens (tertiary/aromatic N) is 2. The van der Waals surface area contributed by atoms with Crippen LogP contribution in [0.3, 0.4) is 0 Å². The van der Waals surface area contributed by atoms with Crippen LogP contribution >= 0.6 is 0 Å². The average molecular weight is 376 g/mol. The maximum atomic E-state index is 12.8. The molecular formula is C18H21F5N2O. The summed E-state index contributed by atoms with van der Waals surface area (Å²) in [5, 5.41) is 4.37. The Morgan fingerprint density at radius 3 is 2.46 bits per heavy atom. The van der Waals surface area contributed by atoms with Crippen molar-refractivity contribution in [2.75, 3.05) is 0 Å². The number of rotatable bonds is 7. The van der Waals surface area contributed by atoms with Crippen molar-refractivity contribution in [1.29, 1.82) is 0 Å². The molecule has 0 saturated carbocycles. The Bertz CT molecular complexity index is 753. The maximum absolute atomic E-state index is 12.8. The van der Waals surface area contributed by atoms with Crippen molar-refractivity contribution in [2.45, 2.75) is 52.3 Å². The predicted molar refractivity (Wildman–Crippen MR) is 88.4 cm³/mol. The fourth-order valence-corrected chi connectivity index (χ4v) is 3.00. The summed E-state index contributed by atoms with van der Waals surface area (Å²) in [7, 11) is 1.71. The van der Waals surface area contributed by atoms with E-state index in [4.69, 9.17) is 0 Å². The molecule has 0 atom stereocenters. The Labute approximate surface area is 148 Å². The Morgan fingerprint density at radius 2 is 1.92 bits per heavy atom. The third-order valence-electron chi connectivity index (χ3n) is 4.16. The Hall–Kier alpha value is -2.12. The van der Waals surface area contributed by atoms with Crippen LogP contribution in [0.4, 0.5) is 22.0 Å².